The summed E-state index contributed by atoms with van der Waals surface area (Å²) in [5.41, 5.74) is 1.25. The van der Waals surface area contributed by atoms with Crippen LogP contribution in [0.15, 0.2) is 18.2 Å². The van der Waals surface area contributed by atoms with Gasteiger partial charge >= 0.3 is 0 Å². The second kappa shape index (κ2) is 6.80. The summed E-state index contributed by atoms with van der Waals surface area (Å²) in [4.78, 5) is 0. The molecule has 1 aliphatic carbocycles. The molecule has 0 spiro atoms. The van der Waals surface area contributed by atoms with E-state index in [9.17, 15) is 0 Å². The summed E-state index contributed by atoms with van der Waals surface area (Å²) in [6, 6.07) is 6.83. The Morgan fingerprint density at radius 2 is 2.11 bits per heavy atom. The molecule has 1 aromatic carbocycles. The zero-order valence-corrected chi connectivity index (χ0v) is 12.2. The smallest absolute Gasteiger partial charge is 0.161 e. The van der Waals surface area contributed by atoms with Crippen LogP contribution in [0, 0.1) is 5.92 Å². The maximum absolute atomic E-state index is 5.61. The average Bonchev–Trinajstić information content (AvgIpc) is 2.82. The second-order valence-electron chi connectivity index (χ2n) is 5.31. The number of nitrogens with one attached hydrogen (secondary N) is 1. The first-order valence-electron chi connectivity index (χ1n) is 7.27. The van der Waals surface area contributed by atoms with Gasteiger partial charge in [-0.05, 0) is 43.4 Å². The Hall–Kier alpha value is -1.22. The van der Waals surface area contributed by atoms with Gasteiger partial charge in [-0.3, -0.25) is 0 Å². The Morgan fingerprint density at radius 1 is 1.26 bits per heavy atom. The molecule has 0 bridgehead atoms. The third-order valence-electron chi connectivity index (χ3n) is 3.96. The molecular weight excluding hydrogens is 238 g/mol. The molecular formula is C16H25NO2. The highest BCUT2D eigenvalue weighted by atomic mass is 16.5. The Kier molecular flexibility index (Phi) is 5.08. The van der Waals surface area contributed by atoms with Crippen LogP contribution in [0.1, 0.15) is 38.7 Å². The maximum Gasteiger partial charge on any atom is 0.161 e. The molecule has 3 nitrogen and oxygen atoms in total. The predicted octanol–water partition coefficient (Wildman–Crippen LogP) is 3.37. The van der Waals surface area contributed by atoms with Crippen LogP contribution in [0.4, 0.5) is 0 Å². The quantitative estimate of drug-likeness (QED) is 0.853. The van der Waals surface area contributed by atoms with Crippen molar-refractivity contribution in [2.24, 2.45) is 5.92 Å². The van der Waals surface area contributed by atoms with Gasteiger partial charge in [0, 0.05) is 12.6 Å². The monoisotopic (exact) mass is 263 g/mol. The minimum absolute atomic E-state index is 0.660. The van der Waals surface area contributed by atoms with E-state index in [0.29, 0.717) is 12.6 Å². The zero-order valence-electron chi connectivity index (χ0n) is 12.2. The summed E-state index contributed by atoms with van der Waals surface area (Å²) in [5, 5.41) is 3.66. The molecule has 1 fully saturated rings. The minimum atomic E-state index is 0.660. The number of ether oxygens (including phenoxy) is 2. The van der Waals surface area contributed by atoms with Crippen molar-refractivity contribution in [3.05, 3.63) is 23.8 Å². The predicted molar refractivity (Wildman–Crippen MR) is 77.8 cm³/mol. The normalized spacial score (nSPS) is 22.5. The highest BCUT2D eigenvalue weighted by molar-refractivity contribution is 5.42. The second-order valence-corrected chi connectivity index (χ2v) is 5.31. The number of benzene rings is 1. The summed E-state index contributed by atoms with van der Waals surface area (Å²) < 4.78 is 10.9. The highest BCUT2D eigenvalue weighted by Gasteiger charge is 2.22. The molecule has 2 rings (SSSR count). The van der Waals surface area contributed by atoms with Crippen molar-refractivity contribution in [1.29, 1.82) is 0 Å². The van der Waals surface area contributed by atoms with Crippen LogP contribution in [-0.4, -0.2) is 19.8 Å². The van der Waals surface area contributed by atoms with Gasteiger partial charge in [-0.1, -0.05) is 19.4 Å². The fraction of sp³-hybridized carbons (Fsp3) is 0.625. The Morgan fingerprint density at radius 3 is 2.74 bits per heavy atom. The highest BCUT2D eigenvalue weighted by Crippen LogP contribution is 2.29. The van der Waals surface area contributed by atoms with Gasteiger partial charge in [0.2, 0.25) is 0 Å². The molecule has 0 amide bonds. The van der Waals surface area contributed by atoms with Crippen molar-refractivity contribution in [2.75, 3.05) is 13.7 Å². The van der Waals surface area contributed by atoms with Gasteiger partial charge < -0.3 is 14.8 Å². The van der Waals surface area contributed by atoms with E-state index in [4.69, 9.17) is 9.47 Å². The molecule has 106 valence electrons. The maximum atomic E-state index is 5.61. The molecule has 0 radical (unpaired) electrons. The molecule has 2 unspecified atom stereocenters. The number of hydrogen-bond acceptors (Lipinski definition) is 3. The van der Waals surface area contributed by atoms with Crippen molar-refractivity contribution < 1.29 is 9.47 Å². The third-order valence-corrected chi connectivity index (χ3v) is 3.96. The van der Waals surface area contributed by atoms with Crippen LogP contribution in [0.3, 0.4) is 0 Å². The summed E-state index contributed by atoms with van der Waals surface area (Å²) >= 11 is 0. The summed E-state index contributed by atoms with van der Waals surface area (Å²) in [7, 11) is 1.68. The molecule has 1 aliphatic rings. The average molecular weight is 263 g/mol. The molecule has 1 aromatic rings. The molecule has 3 heteroatoms. The van der Waals surface area contributed by atoms with Gasteiger partial charge in [0.05, 0.1) is 13.7 Å². The van der Waals surface area contributed by atoms with Crippen molar-refractivity contribution in [3.63, 3.8) is 0 Å². The van der Waals surface area contributed by atoms with E-state index >= 15 is 0 Å². The third kappa shape index (κ3) is 3.63. The van der Waals surface area contributed by atoms with E-state index in [2.05, 4.69) is 24.4 Å². The van der Waals surface area contributed by atoms with Crippen LogP contribution in [0.25, 0.3) is 0 Å². The van der Waals surface area contributed by atoms with E-state index in [0.717, 1.165) is 24.0 Å². The van der Waals surface area contributed by atoms with Crippen LogP contribution >= 0.6 is 0 Å². The Balaban J connectivity index is 1.98. The molecule has 0 aliphatic heterocycles. The minimum Gasteiger partial charge on any atom is -0.493 e. The van der Waals surface area contributed by atoms with Crippen LogP contribution < -0.4 is 14.8 Å². The van der Waals surface area contributed by atoms with E-state index < -0.39 is 0 Å². The molecule has 1 N–H and O–H groups in total. The standard InChI is InChI=1S/C16H25NO2/c1-4-19-16-10-13(8-9-15(16)18-3)11-17-14-7-5-6-12(14)2/h8-10,12,14,17H,4-7,11H2,1-3H3. The largest absolute Gasteiger partial charge is 0.493 e. The fourth-order valence-electron chi connectivity index (χ4n) is 2.80. The number of rotatable bonds is 6. The van der Waals surface area contributed by atoms with E-state index in [1.54, 1.807) is 7.11 Å². The van der Waals surface area contributed by atoms with E-state index in [-0.39, 0.29) is 0 Å². The lowest BCUT2D eigenvalue weighted by Crippen LogP contribution is -2.30. The molecule has 0 heterocycles. The molecule has 2 atom stereocenters. The van der Waals surface area contributed by atoms with Crippen molar-refractivity contribution >= 4 is 0 Å². The van der Waals surface area contributed by atoms with Gasteiger partial charge in [0.15, 0.2) is 11.5 Å². The SMILES string of the molecule is CCOc1cc(CNC2CCCC2C)ccc1OC. The summed E-state index contributed by atoms with van der Waals surface area (Å²) in [6.45, 7) is 5.89. The van der Waals surface area contributed by atoms with Crippen molar-refractivity contribution in [1.82, 2.24) is 5.32 Å². The fourth-order valence-corrected chi connectivity index (χ4v) is 2.80. The zero-order chi connectivity index (χ0) is 13.7. The van der Waals surface area contributed by atoms with Gasteiger partial charge in [0.1, 0.15) is 0 Å². The molecule has 1 saturated carbocycles. The summed E-state index contributed by atoms with van der Waals surface area (Å²) in [6.07, 6.45) is 4.01. The van der Waals surface area contributed by atoms with Crippen molar-refractivity contribution in [3.8, 4) is 11.5 Å². The van der Waals surface area contributed by atoms with Gasteiger partial charge in [0.25, 0.3) is 0 Å². The topological polar surface area (TPSA) is 30.5 Å². The van der Waals surface area contributed by atoms with Crippen molar-refractivity contribution in [2.45, 2.75) is 45.7 Å². The Bertz CT molecular complexity index is 406. The first kappa shape index (κ1) is 14.2. The van der Waals surface area contributed by atoms with Gasteiger partial charge in [-0.15, -0.1) is 0 Å². The van der Waals surface area contributed by atoms with Gasteiger partial charge in [-0.2, -0.15) is 0 Å². The van der Waals surface area contributed by atoms with Crippen LogP contribution in [0.5, 0.6) is 11.5 Å². The van der Waals surface area contributed by atoms with E-state index in [1.165, 1.54) is 24.8 Å². The number of hydrogen-bond donors (Lipinski definition) is 1. The lowest BCUT2D eigenvalue weighted by molar-refractivity contribution is 0.310. The van der Waals surface area contributed by atoms with Crippen LogP contribution in [-0.2, 0) is 6.54 Å². The molecule has 19 heavy (non-hydrogen) atoms. The first-order chi connectivity index (χ1) is 9.24. The first-order valence-corrected chi connectivity index (χ1v) is 7.27. The summed E-state index contributed by atoms with van der Waals surface area (Å²) in [5.74, 6) is 2.44. The van der Waals surface area contributed by atoms with Crippen LogP contribution in [0.2, 0.25) is 0 Å². The van der Waals surface area contributed by atoms with E-state index in [1.807, 2.05) is 13.0 Å². The Labute approximate surface area is 116 Å². The van der Waals surface area contributed by atoms with Gasteiger partial charge in [-0.25, -0.2) is 0 Å². The molecule has 0 saturated heterocycles. The number of methoxy groups -OCH3 is 1. The molecule has 0 aromatic heterocycles. The lowest BCUT2D eigenvalue weighted by Gasteiger charge is -2.18. The lowest BCUT2D eigenvalue weighted by atomic mass is 10.1.